The minimum atomic E-state index is -0.0878. The standard InChI is InChI=1S/C16H23NO4/c1-19-11-9-17-16(18)14-7-5-13(6-8-14)12-21-15-4-2-3-10-20-15/h5-8,15H,2-4,9-12H2,1H3,(H,17,18). The SMILES string of the molecule is COCCNC(=O)c1ccc(COC2CCCCO2)cc1. The molecule has 1 saturated heterocycles. The van der Waals surface area contributed by atoms with Crippen LogP contribution >= 0.6 is 0 Å². The molecule has 0 radical (unpaired) electrons. The van der Waals surface area contributed by atoms with E-state index < -0.39 is 0 Å². The maximum Gasteiger partial charge on any atom is 0.251 e. The van der Waals surface area contributed by atoms with Gasteiger partial charge in [0.05, 0.1) is 13.2 Å². The summed E-state index contributed by atoms with van der Waals surface area (Å²) in [6, 6.07) is 7.44. The Labute approximate surface area is 125 Å². The second-order valence-corrected chi connectivity index (χ2v) is 5.05. The second-order valence-electron chi connectivity index (χ2n) is 5.05. The average Bonchev–Trinajstić information content (AvgIpc) is 2.54. The Hall–Kier alpha value is -1.43. The minimum absolute atomic E-state index is 0.0873. The summed E-state index contributed by atoms with van der Waals surface area (Å²) < 4.78 is 16.1. The van der Waals surface area contributed by atoms with Gasteiger partial charge in [0.2, 0.25) is 0 Å². The van der Waals surface area contributed by atoms with E-state index in [0.29, 0.717) is 25.3 Å². The third-order valence-corrected chi connectivity index (χ3v) is 3.38. The molecular weight excluding hydrogens is 270 g/mol. The third kappa shape index (κ3) is 5.46. The van der Waals surface area contributed by atoms with Gasteiger partial charge in [0, 0.05) is 25.8 Å². The normalized spacial score (nSPS) is 18.4. The van der Waals surface area contributed by atoms with Crippen LogP contribution in [0.2, 0.25) is 0 Å². The zero-order valence-electron chi connectivity index (χ0n) is 12.5. The molecule has 0 aliphatic carbocycles. The summed E-state index contributed by atoms with van der Waals surface area (Å²) >= 11 is 0. The quantitative estimate of drug-likeness (QED) is 0.782. The van der Waals surface area contributed by atoms with Gasteiger partial charge < -0.3 is 19.5 Å². The van der Waals surface area contributed by atoms with Crippen LogP contribution in [0.3, 0.4) is 0 Å². The first-order valence-electron chi connectivity index (χ1n) is 7.39. The molecule has 1 aromatic rings. The van der Waals surface area contributed by atoms with Crippen molar-refractivity contribution in [2.24, 2.45) is 0 Å². The summed E-state index contributed by atoms with van der Waals surface area (Å²) in [7, 11) is 1.61. The number of rotatable bonds is 7. The topological polar surface area (TPSA) is 56.8 Å². The zero-order chi connectivity index (χ0) is 14.9. The lowest BCUT2D eigenvalue weighted by atomic mass is 10.1. The first-order chi connectivity index (χ1) is 10.3. The Morgan fingerprint density at radius 2 is 2.14 bits per heavy atom. The fourth-order valence-corrected chi connectivity index (χ4v) is 2.15. The van der Waals surface area contributed by atoms with E-state index in [1.807, 2.05) is 24.3 Å². The molecule has 1 unspecified atom stereocenters. The smallest absolute Gasteiger partial charge is 0.251 e. The number of carbonyl (C=O) groups excluding carboxylic acids is 1. The summed E-state index contributed by atoms with van der Waals surface area (Å²) in [6.45, 7) is 2.32. The summed E-state index contributed by atoms with van der Waals surface area (Å²) in [5.74, 6) is -0.0878. The Kier molecular flexibility index (Phi) is 6.66. The summed E-state index contributed by atoms with van der Waals surface area (Å²) in [5, 5.41) is 2.79. The molecule has 0 spiro atoms. The van der Waals surface area contributed by atoms with Gasteiger partial charge in [-0.2, -0.15) is 0 Å². The van der Waals surface area contributed by atoms with Crippen molar-refractivity contribution in [3.05, 3.63) is 35.4 Å². The minimum Gasteiger partial charge on any atom is -0.383 e. The first-order valence-corrected chi connectivity index (χ1v) is 7.39. The van der Waals surface area contributed by atoms with Crippen molar-refractivity contribution in [2.45, 2.75) is 32.2 Å². The molecule has 0 aromatic heterocycles. The van der Waals surface area contributed by atoms with E-state index >= 15 is 0 Å². The molecule has 0 saturated carbocycles. The van der Waals surface area contributed by atoms with Crippen LogP contribution in [0.1, 0.15) is 35.2 Å². The molecule has 0 bridgehead atoms. The van der Waals surface area contributed by atoms with Gasteiger partial charge in [-0.05, 0) is 37.0 Å². The molecule has 1 aromatic carbocycles. The predicted octanol–water partition coefficient (Wildman–Crippen LogP) is 2.11. The molecular formula is C16H23NO4. The van der Waals surface area contributed by atoms with Gasteiger partial charge in [0.25, 0.3) is 5.91 Å². The molecule has 1 fully saturated rings. The van der Waals surface area contributed by atoms with Crippen molar-refractivity contribution in [1.82, 2.24) is 5.32 Å². The molecule has 1 N–H and O–H groups in total. The summed E-state index contributed by atoms with van der Waals surface area (Å²) in [4.78, 5) is 11.8. The summed E-state index contributed by atoms with van der Waals surface area (Å²) in [6.07, 6.45) is 3.15. The molecule has 116 valence electrons. The van der Waals surface area contributed by atoms with Crippen molar-refractivity contribution in [2.75, 3.05) is 26.9 Å². The van der Waals surface area contributed by atoms with Crippen molar-refractivity contribution in [1.29, 1.82) is 0 Å². The van der Waals surface area contributed by atoms with Crippen molar-refractivity contribution in [3.63, 3.8) is 0 Å². The van der Waals surface area contributed by atoms with Crippen LogP contribution in [-0.2, 0) is 20.8 Å². The number of methoxy groups -OCH3 is 1. The van der Waals surface area contributed by atoms with Gasteiger partial charge in [-0.15, -0.1) is 0 Å². The maximum atomic E-state index is 11.8. The number of nitrogens with one attached hydrogen (secondary N) is 1. The van der Waals surface area contributed by atoms with Crippen molar-refractivity contribution in [3.8, 4) is 0 Å². The zero-order valence-corrected chi connectivity index (χ0v) is 12.5. The molecule has 1 aliphatic rings. The fourth-order valence-electron chi connectivity index (χ4n) is 2.15. The highest BCUT2D eigenvalue weighted by Gasteiger charge is 2.14. The van der Waals surface area contributed by atoms with E-state index in [1.54, 1.807) is 7.11 Å². The van der Waals surface area contributed by atoms with Crippen molar-refractivity contribution < 1.29 is 19.0 Å². The van der Waals surface area contributed by atoms with Gasteiger partial charge in [0.15, 0.2) is 6.29 Å². The maximum absolute atomic E-state index is 11.8. The van der Waals surface area contributed by atoms with E-state index in [1.165, 1.54) is 0 Å². The Morgan fingerprint density at radius 1 is 1.33 bits per heavy atom. The van der Waals surface area contributed by atoms with E-state index in [0.717, 1.165) is 31.4 Å². The van der Waals surface area contributed by atoms with Crippen LogP contribution in [0.15, 0.2) is 24.3 Å². The van der Waals surface area contributed by atoms with E-state index in [-0.39, 0.29) is 12.2 Å². The number of carbonyl (C=O) groups is 1. The number of ether oxygens (including phenoxy) is 3. The van der Waals surface area contributed by atoms with Crippen LogP contribution < -0.4 is 5.32 Å². The molecule has 21 heavy (non-hydrogen) atoms. The van der Waals surface area contributed by atoms with E-state index in [9.17, 15) is 4.79 Å². The average molecular weight is 293 g/mol. The van der Waals surface area contributed by atoms with Crippen LogP contribution in [0.5, 0.6) is 0 Å². The van der Waals surface area contributed by atoms with Crippen molar-refractivity contribution >= 4 is 5.91 Å². The molecule has 1 heterocycles. The lowest BCUT2D eigenvalue weighted by Crippen LogP contribution is -2.26. The van der Waals surface area contributed by atoms with Gasteiger partial charge in [-0.3, -0.25) is 4.79 Å². The highest BCUT2D eigenvalue weighted by atomic mass is 16.7. The Bertz CT molecular complexity index is 426. The molecule has 1 aliphatic heterocycles. The lowest BCUT2D eigenvalue weighted by molar-refractivity contribution is -0.168. The van der Waals surface area contributed by atoms with Gasteiger partial charge in [-0.25, -0.2) is 0 Å². The highest BCUT2D eigenvalue weighted by molar-refractivity contribution is 5.94. The largest absolute Gasteiger partial charge is 0.383 e. The molecule has 2 rings (SSSR count). The first kappa shape index (κ1) is 15.9. The molecule has 5 heteroatoms. The van der Waals surface area contributed by atoms with Crippen LogP contribution in [0.4, 0.5) is 0 Å². The van der Waals surface area contributed by atoms with Crippen LogP contribution in [0, 0.1) is 0 Å². The Morgan fingerprint density at radius 3 is 2.81 bits per heavy atom. The fraction of sp³-hybridized carbons (Fsp3) is 0.562. The second kappa shape index (κ2) is 8.77. The highest BCUT2D eigenvalue weighted by Crippen LogP contribution is 2.15. The number of hydrogen-bond donors (Lipinski definition) is 1. The Balaban J connectivity index is 1.76. The van der Waals surface area contributed by atoms with Gasteiger partial charge >= 0.3 is 0 Å². The predicted molar refractivity (Wildman–Crippen MR) is 79.0 cm³/mol. The van der Waals surface area contributed by atoms with Crippen LogP contribution in [-0.4, -0.2) is 39.1 Å². The number of amides is 1. The monoisotopic (exact) mass is 293 g/mol. The van der Waals surface area contributed by atoms with E-state index in [4.69, 9.17) is 14.2 Å². The number of benzene rings is 1. The van der Waals surface area contributed by atoms with Gasteiger partial charge in [-0.1, -0.05) is 12.1 Å². The number of hydrogen-bond acceptors (Lipinski definition) is 4. The molecule has 5 nitrogen and oxygen atoms in total. The molecule has 1 amide bonds. The molecule has 1 atom stereocenters. The van der Waals surface area contributed by atoms with E-state index in [2.05, 4.69) is 5.32 Å². The lowest BCUT2D eigenvalue weighted by Gasteiger charge is -2.22. The van der Waals surface area contributed by atoms with Crippen LogP contribution in [0.25, 0.3) is 0 Å². The summed E-state index contributed by atoms with van der Waals surface area (Å²) in [5.41, 5.74) is 1.68. The third-order valence-electron chi connectivity index (χ3n) is 3.38. The van der Waals surface area contributed by atoms with Gasteiger partial charge in [0.1, 0.15) is 0 Å².